The number of hydrogen-bond acceptors (Lipinski definition) is 2. The predicted octanol–water partition coefficient (Wildman–Crippen LogP) is 3.48. The molecular weight excluding hydrogens is 324 g/mol. The highest BCUT2D eigenvalue weighted by Gasteiger charge is 2.29. The maximum Gasteiger partial charge on any atom is 0.243 e. The van der Waals surface area contributed by atoms with Gasteiger partial charge in [0.05, 0.1) is 0 Å². The highest BCUT2D eigenvalue weighted by molar-refractivity contribution is 5.87. The average Bonchev–Trinajstić information content (AvgIpc) is 2.66. The summed E-state index contributed by atoms with van der Waals surface area (Å²) in [5, 5.41) is 2.89. The van der Waals surface area contributed by atoms with Crippen molar-refractivity contribution in [3.63, 3.8) is 0 Å². The molecule has 0 unspecified atom stereocenters. The van der Waals surface area contributed by atoms with Gasteiger partial charge in [0.25, 0.3) is 0 Å². The molecule has 0 bridgehead atoms. The first-order valence-electron chi connectivity index (χ1n) is 9.22. The Hall–Kier alpha value is -2.62. The molecule has 0 aliphatic carbocycles. The molecule has 0 fully saturated rings. The van der Waals surface area contributed by atoms with E-state index >= 15 is 0 Å². The predicted molar refractivity (Wildman–Crippen MR) is 105 cm³/mol. The van der Waals surface area contributed by atoms with Crippen LogP contribution >= 0.6 is 0 Å². The van der Waals surface area contributed by atoms with E-state index in [4.69, 9.17) is 0 Å². The van der Waals surface area contributed by atoms with Crippen molar-refractivity contribution >= 4 is 11.8 Å². The number of nitrogens with one attached hydrogen (secondary N) is 1. The summed E-state index contributed by atoms with van der Waals surface area (Å²) in [5.74, 6) is -0.118. The third-order valence-electron chi connectivity index (χ3n) is 4.53. The maximum absolute atomic E-state index is 12.8. The molecule has 0 heterocycles. The van der Waals surface area contributed by atoms with E-state index in [1.165, 1.54) is 0 Å². The van der Waals surface area contributed by atoms with Gasteiger partial charge >= 0.3 is 0 Å². The van der Waals surface area contributed by atoms with Crippen molar-refractivity contribution in [2.24, 2.45) is 0 Å². The molecule has 0 radical (unpaired) electrons. The lowest BCUT2D eigenvalue weighted by Gasteiger charge is -2.31. The van der Waals surface area contributed by atoms with Gasteiger partial charge in [0.2, 0.25) is 11.8 Å². The van der Waals surface area contributed by atoms with Crippen LogP contribution in [0.2, 0.25) is 0 Å². The molecule has 2 rings (SSSR count). The summed E-state index contributed by atoms with van der Waals surface area (Å²) in [5.41, 5.74) is 3.23. The van der Waals surface area contributed by atoms with Gasteiger partial charge in [-0.2, -0.15) is 0 Å². The topological polar surface area (TPSA) is 49.4 Å². The first-order chi connectivity index (χ1) is 12.6. The van der Waals surface area contributed by atoms with Crippen molar-refractivity contribution in [3.05, 3.63) is 71.3 Å². The lowest BCUT2D eigenvalue weighted by Crippen LogP contribution is -2.50. The third kappa shape index (κ3) is 5.19. The summed E-state index contributed by atoms with van der Waals surface area (Å²) in [7, 11) is 0. The first kappa shape index (κ1) is 19.7. The van der Waals surface area contributed by atoms with Crippen molar-refractivity contribution in [1.29, 1.82) is 0 Å². The van der Waals surface area contributed by atoms with E-state index < -0.39 is 6.04 Å². The van der Waals surface area contributed by atoms with Crippen LogP contribution < -0.4 is 5.32 Å². The molecule has 138 valence electrons. The zero-order chi connectivity index (χ0) is 18.9. The number of likely N-dealkylation sites (N-methyl/N-ethyl adjacent to an activating group) is 1. The number of carbonyl (C=O) groups excluding carboxylic acids is 2. The van der Waals surface area contributed by atoms with Gasteiger partial charge < -0.3 is 10.2 Å². The van der Waals surface area contributed by atoms with Crippen molar-refractivity contribution < 1.29 is 9.59 Å². The molecule has 26 heavy (non-hydrogen) atoms. The number of carbonyl (C=O) groups is 2. The fourth-order valence-electron chi connectivity index (χ4n) is 3.02. The molecule has 1 atom stereocenters. The van der Waals surface area contributed by atoms with Crippen molar-refractivity contribution in [2.75, 3.05) is 6.54 Å². The van der Waals surface area contributed by atoms with Crippen LogP contribution in [0.4, 0.5) is 0 Å². The van der Waals surface area contributed by atoms with Crippen LogP contribution in [0.15, 0.2) is 54.6 Å². The third-order valence-corrected chi connectivity index (χ3v) is 4.53. The number of amides is 2. The molecule has 1 N–H and O–H groups in total. The van der Waals surface area contributed by atoms with Crippen molar-refractivity contribution in [2.45, 2.75) is 46.2 Å². The SMILES string of the molecule is CCNC(=O)[C@H](Cc1ccccc1)N(Cc1ccccc1C)C(=O)CC. The van der Waals surface area contributed by atoms with Gasteiger partial charge in [0, 0.05) is 25.9 Å². The van der Waals surface area contributed by atoms with Crippen LogP contribution in [0.1, 0.15) is 37.0 Å². The Bertz CT molecular complexity index is 728. The van der Waals surface area contributed by atoms with Crippen LogP contribution in [-0.4, -0.2) is 29.3 Å². The second-order valence-corrected chi connectivity index (χ2v) is 6.40. The second kappa shape index (κ2) is 9.76. The Morgan fingerprint density at radius 3 is 2.27 bits per heavy atom. The maximum atomic E-state index is 12.8. The number of hydrogen-bond donors (Lipinski definition) is 1. The Morgan fingerprint density at radius 2 is 1.65 bits per heavy atom. The van der Waals surface area contributed by atoms with Gasteiger partial charge in [-0.1, -0.05) is 61.5 Å². The molecule has 4 nitrogen and oxygen atoms in total. The summed E-state index contributed by atoms with van der Waals surface area (Å²) in [4.78, 5) is 27.2. The molecule has 4 heteroatoms. The summed E-state index contributed by atoms with van der Waals surface area (Å²) in [6.45, 7) is 6.74. The molecule has 2 aromatic rings. The molecule has 0 saturated carbocycles. The average molecular weight is 352 g/mol. The largest absolute Gasteiger partial charge is 0.355 e. The Labute approximate surface area is 156 Å². The van der Waals surface area contributed by atoms with E-state index in [1.807, 2.05) is 75.4 Å². The van der Waals surface area contributed by atoms with Gasteiger partial charge in [-0.15, -0.1) is 0 Å². The summed E-state index contributed by atoms with van der Waals surface area (Å²) < 4.78 is 0. The first-order valence-corrected chi connectivity index (χ1v) is 9.22. The van der Waals surface area contributed by atoms with Crippen molar-refractivity contribution in [1.82, 2.24) is 10.2 Å². The molecular formula is C22H28N2O2. The van der Waals surface area contributed by atoms with Crippen LogP contribution in [0, 0.1) is 6.92 Å². The standard InChI is InChI=1S/C22H28N2O2/c1-4-21(25)24(16-19-14-10-9-11-17(19)3)20(22(26)23-5-2)15-18-12-7-6-8-13-18/h6-14,20H,4-5,15-16H2,1-3H3,(H,23,26)/t20-/m0/s1. The van der Waals surface area contributed by atoms with E-state index in [2.05, 4.69) is 5.32 Å². The van der Waals surface area contributed by atoms with Crippen LogP contribution in [0.5, 0.6) is 0 Å². The molecule has 0 spiro atoms. The van der Waals surface area contributed by atoms with Crippen molar-refractivity contribution in [3.8, 4) is 0 Å². The summed E-state index contributed by atoms with van der Waals surface area (Å²) in [6, 6.07) is 17.3. The Balaban J connectivity index is 2.35. The number of benzene rings is 2. The highest BCUT2D eigenvalue weighted by atomic mass is 16.2. The lowest BCUT2D eigenvalue weighted by molar-refractivity contribution is -0.141. The monoisotopic (exact) mass is 352 g/mol. The normalized spacial score (nSPS) is 11.7. The van der Waals surface area contributed by atoms with E-state index in [0.717, 1.165) is 16.7 Å². The summed E-state index contributed by atoms with van der Waals surface area (Å²) in [6.07, 6.45) is 0.876. The fourth-order valence-corrected chi connectivity index (χ4v) is 3.02. The summed E-state index contributed by atoms with van der Waals surface area (Å²) >= 11 is 0. The zero-order valence-electron chi connectivity index (χ0n) is 15.9. The van der Waals surface area contributed by atoms with Gasteiger partial charge in [-0.25, -0.2) is 0 Å². The number of nitrogens with zero attached hydrogens (tertiary/aromatic N) is 1. The van der Waals surface area contributed by atoms with Crippen LogP contribution in [0.3, 0.4) is 0 Å². The lowest BCUT2D eigenvalue weighted by atomic mass is 10.0. The van der Waals surface area contributed by atoms with Crippen LogP contribution in [0.25, 0.3) is 0 Å². The quantitative estimate of drug-likeness (QED) is 0.791. The minimum absolute atomic E-state index is 0.0135. The molecule has 0 aliphatic rings. The second-order valence-electron chi connectivity index (χ2n) is 6.40. The minimum atomic E-state index is -0.524. The molecule has 2 amide bonds. The fraction of sp³-hybridized carbons (Fsp3) is 0.364. The van der Waals surface area contributed by atoms with Gasteiger partial charge in [0.1, 0.15) is 6.04 Å². The highest BCUT2D eigenvalue weighted by Crippen LogP contribution is 2.17. The van der Waals surface area contributed by atoms with Crippen LogP contribution in [-0.2, 0) is 22.6 Å². The molecule has 0 aromatic heterocycles. The zero-order valence-corrected chi connectivity index (χ0v) is 15.9. The van der Waals surface area contributed by atoms with E-state index in [-0.39, 0.29) is 11.8 Å². The van der Waals surface area contributed by atoms with Gasteiger partial charge in [0.15, 0.2) is 0 Å². The van der Waals surface area contributed by atoms with Gasteiger partial charge in [-0.3, -0.25) is 9.59 Å². The molecule has 0 saturated heterocycles. The van der Waals surface area contributed by atoms with E-state index in [0.29, 0.717) is 25.9 Å². The smallest absolute Gasteiger partial charge is 0.243 e. The number of rotatable bonds is 8. The molecule has 0 aliphatic heterocycles. The Morgan fingerprint density at radius 1 is 1.00 bits per heavy atom. The Kier molecular flexibility index (Phi) is 7.39. The van der Waals surface area contributed by atoms with Gasteiger partial charge in [-0.05, 0) is 30.5 Å². The van der Waals surface area contributed by atoms with E-state index in [1.54, 1.807) is 4.90 Å². The number of aryl methyl sites for hydroxylation is 1. The van der Waals surface area contributed by atoms with E-state index in [9.17, 15) is 9.59 Å². The molecule has 2 aromatic carbocycles. The minimum Gasteiger partial charge on any atom is -0.355 e.